The molecule has 2 rings (SSSR count). The predicted octanol–water partition coefficient (Wildman–Crippen LogP) is -0.895. The summed E-state index contributed by atoms with van der Waals surface area (Å²) < 4.78 is 0. The number of anilines is 1. The van der Waals surface area contributed by atoms with E-state index < -0.39 is 24.1 Å². The molecule has 3 N–H and O–H groups in total. The van der Waals surface area contributed by atoms with Crippen LogP contribution in [-0.2, 0) is 14.4 Å². The lowest BCUT2D eigenvalue weighted by atomic mass is 10.00. The molecule has 1 aliphatic rings. The Morgan fingerprint density at radius 3 is 2.13 bits per heavy atom. The van der Waals surface area contributed by atoms with Gasteiger partial charge in [0.2, 0.25) is 5.91 Å². The standard InChI is InChI=1S/C18H28N2O.C4H6O6/c1-4-5-12-20-13-7-6-11-16(20)18(21)19-17-14(2)9-8-10-15(17)3;5-1(3(7)8)2(6)4(9)10/h8-10,16H,4-7,11-13H2,1-3H3,(H,19,21);1-2,5-6H,(H,7,8)(H,9,10)/p-2/t16-;1-,2-/m00/s1. The number of unbranched alkanes of at least 4 members (excludes halogenated alkanes) is 1. The Hall–Kier alpha value is -2.49. The zero-order valence-corrected chi connectivity index (χ0v) is 18.3. The van der Waals surface area contributed by atoms with Crippen LogP contribution in [0.15, 0.2) is 18.2 Å². The van der Waals surface area contributed by atoms with Crippen molar-refractivity contribution in [3.8, 4) is 0 Å². The van der Waals surface area contributed by atoms with E-state index in [2.05, 4.69) is 43.1 Å². The largest absolute Gasteiger partial charge is 0.547 e. The summed E-state index contributed by atoms with van der Waals surface area (Å²) >= 11 is 0. The van der Waals surface area contributed by atoms with Gasteiger partial charge in [-0.3, -0.25) is 9.69 Å². The lowest BCUT2D eigenvalue weighted by Gasteiger charge is -2.34. The number of piperidine rings is 1. The molecule has 0 spiro atoms. The van der Waals surface area contributed by atoms with Crippen LogP contribution in [0.2, 0.25) is 0 Å². The second kappa shape index (κ2) is 13.0. The maximum Gasteiger partial charge on any atom is 0.241 e. The topological polar surface area (TPSA) is 153 Å². The minimum atomic E-state index is -2.44. The molecule has 9 nitrogen and oxygen atoms in total. The molecular weight excluding hydrogens is 404 g/mol. The summed E-state index contributed by atoms with van der Waals surface area (Å²) in [6.07, 6.45) is 0.842. The van der Waals surface area contributed by atoms with Gasteiger partial charge in [-0.05, 0) is 57.3 Å². The van der Waals surface area contributed by atoms with Crippen molar-refractivity contribution < 1.29 is 34.8 Å². The molecular formula is C22H32N2O7-2. The number of carboxylic acids is 2. The normalized spacial score (nSPS) is 18.3. The van der Waals surface area contributed by atoms with E-state index in [1.807, 2.05) is 6.07 Å². The molecule has 0 saturated carbocycles. The third-order valence-electron chi connectivity index (χ3n) is 5.23. The molecule has 9 heteroatoms. The van der Waals surface area contributed by atoms with Gasteiger partial charge in [0.15, 0.2) is 0 Å². The minimum absolute atomic E-state index is 0.0457. The Kier molecular flexibility index (Phi) is 11.2. The van der Waals surface area contributed by atoms with Gasteiger partial charge < -0.3 is 35.3 Å². The number of aryl methyl sites for hydroxylation is 2. The molecule has 1 aliphatic heterocycles. The number of aliphatic hydroxyl groups excluding tert-OH is 2. The molecule has 1 heterocycles. The molecule has 0 bridgehead atoms. The van der Waals surface area contributed by atoms with Gasteiger partial charge in [0.1, 0.15) is 12.2 Å². The molecule has 0 unspecified atom stereocenters. The van der Waals surface area contributed by atoms with Crippen molar-refractivity contribution in [3.05, 3.63) is 29.3 Å². The number of aliphatic hydroxyl groups is 2. The van der Waals surface area contributed by atoms with Crippen LogP contribution >= 0.6 is 0 Å². The van der Waals surface area contributed by atoms with Gasteiger partial charge in [-0.1, -0.05) is 38.0 Å². The van der Waals surface area contributed by atoms with Crippen LogP contribution in [0.4, 0.5) is 5.69 Å². The van der Waals surface area contributed by atoms with Crippen molar-refractivity contribution in [1.82, 2.24) is 4.90 Å². The van der Waals surface area contributed by atoms with E-state index in [4.69, 9.17) is 10.2 Å². The molecule has 3 atom stereocenters. The molecule has 1 saturated heterocycles. The summed E-state index contributed by atoms with van der Waals surface area (Å²) in [5.41, 5.74) is 3.27. The third kappa shape index (κ3) is 8.28. The fourth-order valence-electron chi connectivity index (χ4n) is 3.39. The first kappa shape index (κ1) is 26.5. The summed E-state index contributed by atoms with van der Waals surface area (Å²) in [6, 6.07) is 6.19. The zero-order chi connectivity index (χ0) is 23.6. The maximum atomic E-state index is 12.7. The van der Waals surface area contributed by atoms with E-state index in [1.165, 1.54) is 19.3 Å². The van der Waals surface area contributed by atoms with Crippen molar-refractivity contribution in [2.75, 3.05) is 18.4 Å². The Bertz CT molecular complexity index is 715. The van der Waals surface area contributed by atoms with E-state index in [9.17, 15) is 24.6 Å². The van der Waals surface area contributed by atoms with Gasteiger partial charge in [0.05, 0.1) is 18.0 Å². The molecule has 1 amide bonds. The van der Waals surface area contributed by atoms with Crippen molar-refractivity contribution in [3.63, 3.8) is 0 Å². The van der Waals surface area contributed by atoms with E-state index in [-0.39, 0.29) is 11.9 Å². The van der Waals surface area contributed by atoms with Crippen molar-refractivity contribution in [1.29, 1.82) is 0 Å². The molecule has 1 aromatic carbocycles. The average Bonchev–Trinajstić information content (AvgIpc) is 2.74. The number of hydrogen-bond acceptors (Lipinski definition) is 8. The number of rotatable bonds is 8. The molecule has 1 fully saturated rings. The Morgan fingerprint density at radius 2 is 1.65 bits per heavy atom. The Balaban J connectivity index is 0.000000407. The predicted molar refractivity (Wildman–Crippen MR) is 111 cm³/mol. The second-order valence-electron chi connectivity index (χ2n) is 7.68. The summed E-state index contributed by atoms with van der Waals surface area (Å²) in [4.78, 5) is 34.3. The number of likely N-dealkylation sites (tertiary alicyclic amines) is 1. The van der Waals surface area contributed by atoms with E-state index in [0.717, 1.165) is 42.7 Å². The highest BCUT2D eigenvalue weighted by atomic mass is 16.4. The van der Waals surface area contributed by atoms with Gasteiger partial charge in [-0.25, -0.2) is 0 Å². The monoisotopic (exact) mass is 436 g/mol. The smallest absolute Gasteiger partial charge is 0.241 e. The summed E-state index contributed by atoms with van der Waals surface area (Å²) in [6.45, 7) is 8.42. The quantitative estimate of drug-likeness (QED) is 0.474. The van der Waals surface area contributed by atoms with Crippen molar-refractivity contribution >= 4 is 23.5 Å². The number of amides is 1. The number of carboxylic acid groups (broad SMARTS) is 2. The first-order valence-electron chi connectivity index (χ1n) is 10.5. The molecule has 31 heavy (non-hydrogen) atoms. The fraction of sp³-hybridized carbons (Fsp3) is 0.591. The van der Waals surface area contributed by atoms with Gasteiger partial charge in [0.25, 0.3) is 0 Å². The number of aliphatic carboxylic acids is 2. The van der Waals surface area contributed by atoms with Gasteiger partial charge in [0, 0.05) is 5.69 Å². The number of hydrogen-bond donors (Lipinski definition) is 3. The summed E-state index contributed by atoms with van der Waals surface area (Å²) in [5.74, 6) is -3.95. The van der Waals surface area contributed by atoms with E-state index in [1.54, 1.807) is 0 Å². The first-order valence-corrected chi connectivity index (χ1v) is 10.5. The second-order valence-corrected chi connectivity index (χ2v) is 7.68. The van der Waals surface area contributed by atoms with Gasteiger partial charge in [-0.2, -0.15) is 0 Å². The lowest BCUT2D eigenvalue weighted by molar-refractivity contribution is -0.333. The Morgan fingerprint density at radius 1 is 1.10 bits per heavy atom. The highest BCUT2D eigenvalue weighted by Gasteiger charge is 2.28. The SMILES string of the molecule is CCCCN1CCCC[C@H]1C(=O)Nc1c(C)cccc1C.O=C([O-])[C@@H](O)[C@H](O)C(=O)[O-]. The number of carbonyl (C=O) groups excluding carboxylic acids is 3. The van der Waals surface area contributed by atoms with E-state index >= 15 is 0 Å². The van der Waals surface area contributed by atoms with Crippen molar-refractivity contribution in [2.45, 2.75) is 71.1 Å². The van der Waals surface area contributed by atoms with Crippen molar-refractivity contribution in [2.24, 2.45) is 0 Å². The molecule has 1 aromatic rings. The number of para-hydroxylation sites is 1. The van der Waals surface area contributed by atoms with E-state index in [0.29, 0.717) is 0 Å². The number of nitrogens with one attached hydrogen (secondary N) is 1. The zero-order valence-electron chi connectivity index (χ0n) is 18.3. The molecule has 0 aliphatic carbocycles. The lowest BCUT2D eigenvalue weighted by Crippen LogP contribution is -2.51. The van der Waals surface area contributed by atoms with Gasteiger partial charge in [-0.15, -0.1) is 0 Å². The summed E-state index contributed by atoms with van der Waals surface area (Å²) in [5, 5.41) is 38.9. The number of carbonyl (C=O) groups is 3. The number of benzene rings is 1. The fourth-order valence-corrected chi connectivity index (χ4v) is 3.39. The van der Waals surface area contributed by atoms with Crippen LogP contribution in [-0.4, -0.2) is 64.3 Å². The van der Waals surface area contributed by atoms with Gasteiger partial charge >= 0.3 is 0 Å². The maximum absolute atomic E-state index is 12.7. The van der Waals surface area contributed by atoms with Crippen LogP contribution < -0.4 is 15.5 Å². The summed E-state index contributed by atoms with van der Waals surface area (Å²) in [7, 11) is 0. The molecule has 0 aromatic heterocycles. The minimum Gasteiger partial charge on any atom is -0.547 e. The molecule has 174 valence electrons. The first-order chi connectivity index (χ1) is 14.6. The van der Waals surface area contributed by atoms with Crippen LogP contribution in [0, 0.1) is 13.8 Å². The third-order valence-corrected chi connectivity index (χ3v) is 5.23. The number of nitrogens with zero attached hydrogens (tertiary/aromatic N) is 1. The van der Waals surface area contributed by atoms with Crippen LogP contribution in [0.5, 0.6) is 0 Å². The highest BCUT2D eigenvalue weighted by molar-refractivity contribution is 5.96. The molecule has 0 radical (unpaired) electrons. The highest BCUT2D eigenvalue weighted by Crippen LogP contribution is 2.23. The van der Waals surface area contributed by atoms with Crippen LogP contribution in [0.3, 0.4) is 0 Å². The Labute approximate surface area is 182 Å². The average molecular weight is 437 g/mol. The van der Waals surface area contributed by atoms with Crippen LogP contribution in [0.1, 0.15) is 50.2 Å². The van der Waals surface area contributed by atoms with Crippen LogP contribution in [0.25, 0.3) is 0 Å².